The third-order valence-electron chi connectivity index (χ3n) is 3.51. The van der Waals surface area contributed by atoms with E-state index >= 15 is 0 Å². The number of aryl methyl sites for hydroxylation is 2. The van der Waals surface area contributed by atoms with Crippen LogP contribution < -0.4 is 10.6 Å². The minimum atomic E-state index is -0.323. The van der Waals surface area contributed by atoms with Gasteiger partial charge in [0, 0.05) is 24.8 Å². The Morgan fingerprint density at radius 2 is 1.90 bits per heavy atom. The van der Waals surface area contributed by atoms with Crippen LogP contribution in [0.3, 0.4) is 0 Å². The van der Waals surface area contributed by atoms with Crippen molar-refractivity contribution in [3.63, 3.8) is 0 Å². The lowest BCUT2D eigenvalue weighted by Crippen LogP contribution is -2.21. The standard InChI is InChI=1S/C17H19FN2S/c1-11-4-7-16(12(2)8-11)20(3)10-13-5-6-14(18)9-15(13)17(19)21/h4-9H,10H2,1-3H3,(H2,19,21). The molecule has 0 aromatic heterocycles. The van der Waals surface area contributed by atoms with E-state index in [0.717, 1.165) is 11.3 Å². The largest absolute Gasteiger partial charge is 0.389 e. The van der Waals surface area contributed by atoms with Gasteiger partial charge < -0.3 is 10.6 Å². The summed E-state index contributed by atoms with van der Waals surface area (Å²) in [6.07, 6.45) is 0. The van der Waals surface area contributed by atoms with Gasteiger partial charge in [-0.25, -0.2) is 4.39 Å². The number of hydrogen-bond acceptors (Lipinski definition) is 2. The zero-order valence-corrected chi connectivity index (χ0v) is 13.3. The molecule has 0 heterocycles. The molecule has 2 N–H and O–H groups in total. The van der Waals surface area contributed by atoms with Gasteiger partial charge in [-0.1, -0.05) is 36.0 Å². The van der Waals surface area contributed by atoms with Crippen LogP contribution in [-0.2, 0) is 6.54 Å². The third-order valence-corrected chi connectivity index (χ3v) is 3.73. The molecule has 0 aliphatic heterocycles. The highest BCUT2D eigenvalue weighted by atomic mass is 32.1. The quantitative estimate of drug-likeness (QED) is 0.873. The molecule has 0 aliphatic carbocycles. The molecule has 0 saturated carbocycles. The van der Waals surface area contributed by atoms with Crippen molar-refractivity contribution >= 4 is 22.9 Å². The number of nitrogens with two attached hydrogens (primary N) is 1. The minimum Gasteiger partial charge on any atom is -0.389 e. The van der Waals surface area contributed by atoms with Crippen LogP contribution in [0, 0.1) is 19.7 Å². The smallest absolute Gasteiger partial charge is 0.123 e. The molecule has 0 saturated heterocycles. The average molecular weight is 302 g/mol. The first-order chi connectivity index (χ1) is 9.88. The number of nitrogens with zero attached hydrogens (tertiary/aromatic N) is 1. The average Bonchev–Trinajstić information content (AvgIpc) is 2.40. The zero-order chi connectivity index (χ0) is 15.6. The molecule has 110 valence electrons. The Balaban J connectivity index is 2.31. The monoisotopic (exact) mass is 302 g/mol. The first-order valence-electron chi connectivity index (χ1n) is 6.75. The molecule has 2 rings (SSSR count). The Morgan fingerprint density at radius 1 is 1.19 bits per heavy atom. The van der Waals surface area contributed by atoms with Gasteiger partial charge in [-0.2, -0.15) is 0 Å². The van der Waals surface area contributed by atoms with E-state index in [-0.39, 0.29) is 10.8 Å². The van der Waals surface area contributed by atoms with E-state index in [1.807, 2.05) is 7.05 Å². The van der Waals surface area contributed by atoms with E-state index in [9.17, 15) is 4.39 Å². The fourth-order valence-corrected chi connectivity index (χ4v) is 2.68. The molecule has 4 heteroatoms. The van der Waals surface area contributed by atoms with Crippen LogP contribution in [0.15, 0.2) is 36.4 Å². The van der Waals surface area contributed by atoms with Gasteiger partial charge in [-0.05, 0) is 43.2 Å². The molecule has 0 bridgehead atoms. The summed E-state index contributed by atoms with van der Waals surface area (Å²) in [6.45, 7) is 4.77. The van der Waals surface area contributed by atoms with Gasteiger partial charge in [0.2, 0.25) is 0 Å². The van der Waals surface area contributed by atoms with Crippen molar-refractivity contribution in [1.82, 2.24) is 0 Å². The van der Waals surface area contributed by atoms with E-state index in [4.69, 9.17) is 18.0 Å². The molecule has 0 fully saturated rings. The number of anilines is 1. The molecule has 0 amide bonds. The minimum absolute atomic E-state index is 0.221. The molecule has 0 spiro atoms. The molecule has 2 aromatic carbocycles. The Kier molecular flexibility index (Phi) is 4.58. The maximum Gasteiger partial charge on any atom is 0.123 e. The highest BCUT2D eigenvalue weighted by Crippen LogP contribution is 2.23. The molecular weight excluding hydrogens is 283 g/mol. The molecule has 21 heavy (non-hydrogen) atoms. The summed E-state index contributed by atoms with van der Waals surface area (Å²) in [7, 11) is 2.00. The van der Waals surface area contributed by atoms with Crippen molar-refractivity contribution in [2.75, 3.05) is 11.9 Å². The van der Waals surface area contributed by atoms with Crippen molar-refractivity contribution in [2.24, 2.45) is 5.73 Å². The summed E-state index contributed by atoms with van der Waals surface area (Å²) >= 11 is 5.01. The predicted octanol–water partition coefficient (Wildman–Crippen LogP) is 3.71. The fourth-order valence-electron chi connectivity index (χ4n) is 2.49. The fraction of sp³-hybridized carbons (Fsp3) is 0.235. The molecule has 2 nitrogen and oxygen atoms in total. The van der Waals surface area contributed by atoms with Crippen LogP contribution in [-0.4, -0.2) is 12.0 Å². The first kappa shape index (κ1) is 15.4. The number of halogens is 1. The molecule has 0 radical (unpaired) electrons. The third kappa shape index (κ3) is 3.58. The molecule has 0 unspecified atom stereocenters. The predicted molar refractivity (Wildman–Crippen MR) is 90.3 cm³/mol. The topological polar surface area (TPSA) is 29.3 Å². The lowest BCUT2D eigenvalue weighted by atomic mass is 10.1. The van der Waals surface area contributed by atoms with Gasteiger partial charge in [-0.15, -0.1) is 0 Å². The lowest BCUT2D eigenvalue weighted by Gasteiger charge is -2.23. The molecule has 0 atom stereocenters. The molecule has 0 aliphatic rings. The Morgan fingerprint density at radius 3 is 2.52 bits per heavy atom. The van der Waals surface area contributed by atoms with Crippen LogP contribution >= 0.6 is 12.2 Å². The maximum atomic E-state index is 13.3. The number of hydrogen-bond donors (Lipinski definition) is 1. The van der Waals surface area contributed by atoms with Crippen molar-refractivity contribution in [1.29, 1.82) is 0 Å². The molecule has 2 aromatic rings. The van der Waals surface area contributed by atoms with Gasteiger partial charge in [0.15, 0.2) is 0 Å². The lowest BCUT2D eigenvalue weighted by molar-refractivity contribution is 0.626. The zero-order valence-electron chi connectivity index (χ0n) is 12.5. The van der Waals surface area contributed by atoms with Crippen molar-refractivity contribution < 1.29 is 4.39 Å². The van der Waals surface area contributed by atoms with Crippen molar-refractivity contribution in [3.05, 3.63) is 64.5 Å². The summed E-state index contributed by atoms with van der Waals surface area (Å²) in [6, 6.07) is 10.9. The highest BCUT2D eigenvalue weighted by Gasteiger charge is 2.11. The SMILES string of the molecule is Cc1ccc(N(C)Cc2ccc(F)cc2C(N)=S)c(C)c1. The van der Waals surface area contributed by atoms with Crippen LogP contribution in [0.25, 0.3) is 0 Å². The van der Waals surface area contributed by atoms with E-state index < -0.39 is 0 Å². The van der Waals surface area contributed by atoms with Gasteiger partial charge in [0.1, 0.15) is 10.8 Å². The number of benzene rings is 2. The van der Waals surface area contributed by atoms with Crippen molar-refractivity contribution in [2.45, 2.75) is 20.4 Å². The highest BCUT2D eigenvalue weighted by molar-refractivity contribution is 7.80. The van der Waals surface area contributed by atoms with Gasteiger partial charge in [-0.3, -0.25) is 0 Å². The van der Waals surface area contributed by atoms with Crippen molar-refractivity contribution in [3.8, 4) is 0 Å². The second kappa shape index (κ2) is 6.22. The maximum absolute atomic E-state index is 13.3. The van der Waals surface area contributed by atoms with Gasteiger partial charge in [0.05, 0.1) is 0 Å². The summed E-state index contributed by atoms with van der Waals surface area (Å²) in [5, 5.41) is 0. The Bertz CT molecular complexity index is 682. The number of thiocarbonyl (C=S) groups is 1. The summed E-state index contributed by atoms with van der Waals surface area (Å²) in [5.74, 6) is -0.323. The number of rotatable bonds is 4. The van der Waals surface area contributed by atoms with E-state index in [1.54, 1.807) is 6.07 Å². The van der Waals surface area contributed by atoms with Crippen LogP contribution in [0.2, 0.25) is 0 Å². The van der Waals surface area contributed by atoms with E-state index in [0.29, 0.717) is 12.1 Å². The summed E-state index contributed by atoms with van der Waals surface area (Å²) in [4.78, 5) is 2.34. The second-order valence-corrected chi connectivity index (χ2v) is 5.75. The Hall–Kier alpha value is -1.94. The van der Waals surface area contributed by atoms with Crippen LogP contribution in [0.4, 0.5) is 10.1 Å². The second-order valence-electron chi connectivity index (χ2n) is 5.31. The Labute approximate surface area is 130 Å². The first-order valence-corrected chi connectivity index (χ1v) is 7.16. The normalized spacial score (nSPS) is 10.5. The summed E-state index contributed by atoms with van der Waals surface area (Å²) in [5.41, 5.74) is 10.8. The van der Waals surface area contributed by atoms with Crippen LogP contribution in [0.5, 0.6) is 0 Å². The van der Waals surface area contributed by atoms with E-state index in [1.165, 1.54) is 23.3 Å². The molecular formula is C17H19FN2S. The summed E-state index contributed by atoms with van der Waals surface area (Å²) < 4.78 is 13.3. The van der Waals surface area contributed by atoms with E-state index in [2.05, 4.69) is 36.9 Å². The van der Waals surface area contributed by atoms with Gasteiger partial charge >= 0.3 is 0 Å². The van der Waals surface area contributed by atoms with Crippen LogP contribution in [0.1, 0.15) is 22.3 Å². The van der Waals surface area contributed by atoms with Gasteiger partial charge in [0.25, 0.3) is 0 Å².